The first-order chi connectivity index (χ1) is 12.9. The lowest BCUT2D eigenvalue weighted by Gasteiger charge is -2.49. The van der Waals surface area contributed by atoms with Gasteiger partial charge < -0.3 is 4.90 Å². The van der Waals surface area contributed by atoms with E-state index in [1.807, 2.05) is 12.1 Å². The van der Waals surface area contributed by atoms with E-state index < -0.39 is 0 Å². The molecule has 0 unspecified atom stereocenters. The Hall–Kier alpha value is -1.46. The van der Waals surface area contributed by atoms with Crippen molar-refractivity contribution in [3.05, 3.63) is 35.1 Å². The number of hydrogen-bond donors (Lipinski definition) is 0. The smallest absolute Gasteiger partial charge is 0.222 e. The monoisotopic (exact) mass is 373 g/mol. The number of halogens is 1. The minimum atomic E-state index is -0.118. The van der Waals surface area contributed by atoms with Crippen molar-refractivity contribution < 1.29 is 9.18 Å². The van der Waals surface area contributed by atoms with E-state index in [0.29, 0.717) is 17.9 Å². The number of likely N-dealkylation sites (N-methyl/N-ethyl adjacent to an activating group) is 1. The highest BCUT2D eigenvalue weighted by Gasteiger charge is 2.42. The predicted molar refractivity (Wildman–Crippen MR) is 105 cm³/mol. The summed E-state index contributed by atoms with van der Waals surface area (Å²) in [6.07, 6.45) is 5.21. The number of rotatable bonds is 4. The van der Waals surface area contributed by atoms with Gasteiger partial charge in [-0.1, -0.05) is 12.1 Å². The van der Waals surface area contributed by atoms with Crippen LogP contribution in [0.3, 0.4) is 0 Å². The first kappa shape index (κ1) is 18.9. The van der Waals surface area contributed by atoms with E-state index in [4.69, 9.17) is 0 Å². The predicted octanol–water partition coefficient (Wildman–Crippen LogP) is 3.04. The number of carbonyl (C=O) groups excluding carboxylic acids is 1. The maximum Gasteiger partial charge on any atom is 0.222 e. The summed E-state index contributed by atoms with van der Waals surface area (Å²) in [5.41, 5.74) is 1.81. The van der Waals surface area contributed by atoms with Gasteiger partial charge in [-0.2, -0.15) is 0 Å². The van der Waals surface area contributed by atoms with Gasteiger partial charge in [-0.15, -0.1) is 0 Å². The summed E-state index contributed by atoms with van der Waals surface area (Å²) in [5.74, 6) is 0.969. The van der Waals surface area contributed by atoms with Crippen LogP contribution in [-0.2, 0) is 11.3 Å². The fourth-order valence-corrected chi connectivity index (χ4v) is 4.71. The van der Waals surface area contributed by atoms with Crippen molar-refractivity contribution >= 4 is 5.91 Å². The van der Waals surface area contributed by atoms with Crippen molar-refractivity contribution in [2.45, 2.75) is 51.1 Å². The molecule has 1 spiro atoms. The van der Waals surface area contributed by atoms with E-state index in [1.165, 1.54) is 12.8 Å². The first-order valence-electron chi connectivity index (χ1n) is 10.4. The summed E-state index contributed by atoms with van der Waals surface area (Å²) >= 11 is 0. The second kappa shape index (κ2) is 7.51. The Labute approximate surface area is 162 Å². The summed E-state index contributed by atoms with van der Waals surface area (Å²) in [6.45, 7) is 7.40. The first-order valence-corrected chi connectivity index (χ1v) is 10.4. The average molecular weight is 374 g/mol. The molecule has 2 aliphatic heterocycles. The van der Waals surface area contributed by atoms with Crippen molar-refractivity contribution in [3.63, 3.8) is 0 Å². The fourth-order valence-electron chi connectivity index (χ4n) is 4.71. The van der Waals surface area contributed by atoms with E-state index in [9.17, 15) is 9.18 Å². The van der Waals surface area contributed by atoms with E-state index in [0.717, 1.165) is 63.6 Å². The standard InChI is InChI=1S/C22H32FN3O/c1-17-3-4-19(13-20(17)23)14-25-12-11-24(2)22(16-25)8-7-21(27)26(10-9-22)15-18-5-6-18/h3-4,13,18H,5-12,14-16H2,1-2H3/t22-/m0/s1. The summed E-state index contributed by atoms with van der Waals surface area (Å²) in [5, 5.41) is 0. The fraction of sp³-hybridized carbons (Fsp3) is 0.682. The Balaban J connectivity index is 1.44. The Morgan fingerprint density at radius 1 is 1.19 bits per heavy atom. The van der Waals surface area contributed by atoms with E-state index in [-0.39, 0.29) is 11.4 Å². The van der Waals surface area contributed by atoms with Crippen LogP contribution in [0.25, 0.3) is 0 Å². The molecule has 27 heavy (non-hydrogen) atoms. The van der Waals surface area contributed by atoms with E-state index in [2.05, 4.69) is 21.7 Å². The number of hydrogen-bond acceptors (Lipinski definition) is 3. The van der Waals surface area contributed by atoms with Crippen molar-refractivity contribution in [3.8, 4) is 0 Å². The molecule has 0 bridgehead atoms. The lowest BCUT2D eigenvalue weighted by atomic mass is 9.86. The molecule has 2 saturated heterocycles. The topological polar surface area (TPSA) is 26.8 Å². The van der Waals surface area contributed by atoms with Crippen LogP contribution in [0.1, 0.15) is 43.2 Å². The highest BCUT2D eigenvalue weighted by atomic mass is 19.1. The van der Waals surface area contributed by atoms with Gasteiger partial charge in [0.1, 0.15) is 5.82 Å². The SMILES string of the molecule is Cc1ccc(CN2CCN(C)[C@]3(CCC(=O)N(CC4CC4)CC3)C2)cc1F. The zero-order valence-corrected chi connectivity index (χ0v) is 16.7. The van der Waals surface area contributed by atoms with Crippen molar-refractivity contribution in [1.29, 1.82) is 0 Å². The second-order valence-electron chi connectivity index (χ2n) is 8.97. The maximum atomic E-state index is 13.9. The van der Waals surface area contributed by atoms with Gasteiger partial charge in [0.2, 0.25) is 5.91 Å². The number of nitrogens with zero attached hydrogens (tertiary/aromatic N) is 3. The quantitative estimate of drug-likeness (QED) is 0.812. The lowest BCUT2D eigenvalue weighted by molar-refractivity contribution is -0.131. The minimum absolute atomic E-state index is 0.0649. The molecule has 148 valence electrons. The number of piperazine rings is 1. The summed E-state index contributed by atoms with van der Waals surface area (Å²) in [4.78, 5) is 19.7. The number of amides is 1. The molecule has 0 aromatic heterocycles. The number of aryl methyl sites for hydroxylation is 1. The number of carbonyl (C=O) groups is 1. The molecule has 1 saturated carbocycles. The molecule has 0 N–H and O–H groups in total. The molecule has 2 heterocycles. The Bertz CT molecular complexity index is 705. The van der Waals surface area contributed by atoms with Crippen LogP contribution in [0.15, 0.2) is 18.2 Å². The molecular weight excluding hydrogens is 341 g/mol. The molecule has 3 aliphatic rings. The van der Waals surface area contributed by atoms with Gasteiger partial charge >= 0.3 is 0 Å². The zero-order chi connectivity index (χ0) is 19.0. The normalized spacial score (nSPS) is 28.0. The minimum Gasteiger partial charge on any atom is -0.342 e. The third kappa shape index (κ3) is 4.19. The van der Waals surface area contributed by atoms with Crippen LogP contribution in [-0.4, -0.2) is 65.9 Å². The third-order valence-corrected chi connectivity index (χ3v) is 6.90. The van der Waals surface area contributed by atoms with E-state index in [1.54, 1.807) is 13.0 Å². The summed E-state index contributed by atoms with van der Waals surface area (Å²) in [6, 6.07) is 5.59. The van der Waals surface area contributed by atoms with Gasteiger partial charge in [-0.05, 0) is 62.8 Å². The Kier molecular flexibility index (Phi) is 5.26. The molecule has 0 radical (unpaired) electrons. The molecule has 1 aromatic rings. The molecule has 1 aromatic carbocycles. The zero-order valence-electron chi connectivity index (χ0n) is 16.7. The Morgan fingerprint density at radius 3 is 2.74 bits per heavy atom. The van der Waals surface area contributed by atoms with Crippen LogP contribution < -0.4 is 0 Å². The van der Waals surface area contributed by atoms with Crippen LogP contribution in [0, 0.1) is 18.7 Å². The van der Waals surface area contributed by atoms with Crippen LogP contribution >= 0.6 is 0 Å². The third-order valence-electron chi connectivity index (χ3n) is 6.90. The Morgan fingerprint density at radius 2 is 2.00 bits per heavy atom. The van der Waals surface area contributed by atoms with Crippen molar-refractivity contribution in [2.75, 3.05) is 39.8 Å². The van der Waals surface area contributed by atoms with Gasteiger partial charge in [0.05, 0.1) is 0 Å². The molecule has 1 atom stereocenters. The van der Waals surface area contributed by atoms with Crippen molar-refractivity contribution in [2.24, 2.45) is 5.92 Å². The van der Waals surface area contributed by atoms with Crippen LogP contribution in [0.5, 0.6) is 0 Å². The highest BCUT2D eigenvalue weighted by molar-refractivity contribution is 5.76. The molecule has 1 aliphatic carbocycles. The van der Waals surface area contributed by atoms with Crippen LogP contribution in [0.4, 0.5) is 4.39 Å². The van der Waals surface area contributed by atoms with E-state index >= 15 is 0 Å². The van der Waals surface area contributed by atoms with Gasteiger partial charge in [0.25, 0.3) is 0 Å². The second-order valence-corrected chi connectivity index (χ2v) is 8.97. The number of likely N-dealkylation sites (tertiary alicyclic amines) is 1. The highest BCUT2D eigenvalue weighted by Crippen LogP contribution is 2.35. The lowest BCUT2D eigenvalue weighted by Crippen LogP contribution is -2.60. The molecule has 4 rings (SSSR count). The summed E-state index contributed by atoms with van der Waals surface area (Å²) < 4.78 is 13.9. The van der Waals surface area contributed by atoms with Gasteiger partial charge in [0, 0.05) is 51.2 Å². The van der Waals surface area contributed by atoms with Gasteiger partial charge in [-0.25, -0.2) is 4.39 Å². The largest absolute Gasteiger partial charge is 0.342 e. The van der Waals surface area contributed by atoms with Crippen LogP contribution in [0.2, 0.25) is 0 Å². The number of benzene rings is 1. The van der Waals surface area contributed by atoms with Gasteiger partial charge in [0.15, 0.2) is 0 Å². The molecular formula is C22H32FN3O. The average Bonchev–Trinajstić information content (AvgIpc) is 3.47. The molecule has 3 fully saturated rings. The summed E-state index contributed by atoms with van der Waals surface area (Å²) in [7, 11) is 2.21. The van der Waals surface area contributed by atoms with Crippen molar-refractivity contribution in [1.82, 2.24) is 14.7 Å². The molecule has 5 heteroatoms. The van der Waals surface area contributed by atoms with Gasteiger partial charge in [-0.3, -0.25) is 14.6 Å². The molecule has 4 nitrogen and oxygen atoms in total. The maximum absolute atomic E-state index is 13.9. The molecule has 1 amide bonds.